The molecule has 2 aromatic carbocycles. The third-order valence-electron chi connectivity index (χ3n) is 5.84. The summed E-state index contributed by atoms with van der Waals surface area (Å²) in [5.41, 5.74) is 3.85. The summed E-state index contributed by atoms with van der Waals surface area (Å²) in [4.78, 5) is 32.0. The summed E-state index contributed by atoms with van der Waals surface area (Å²) in [6, 6.07) is 13.4. The van der Waals surface area contributed by atoms with Gasteiger partial charge in [0.25, 0.3) is 11.7 Å². The molecule has 7 heteroatoms. The first-order valence-corrected chi connectivity index (χ1v) is 10.8. The Morgan fingerprint density at radius 2 is 1.82 bits per heavy atom. The molecule has 1 aromatic heterocycles. The molecule has 1 aliphatic heterocycles. The maximum absolute atomic E-state index is 13.2. The summed E-state index contributed by atoms with van der Waals surface area (Å²) in [6.45, 7) is 4.15. The van der Waals surface area contributed by atoms with Crippen molar-refractivity contribution in [2.75, 3.05) is 7.11 Å². The Balaban J connectivity index is 1.90. The molecule has 1 atom stereocenters. The molecule has 3 aromatic rings. The summed E-state index contributed by atoms with van der Waals surface area (Å²) in [5.74, 6) is -1.33. The van der Waals surface area contributed by atoms with Crippen LogP contribution >= 0.6 is 11.6 Å². The third-order valence-corrected chi connectivity index (χ3v) is 6.17. The molecular weight excluding hydrogens is 440 g/mol. The second-order valence-corrected chi connectivity index (χ2v) is 8.39. The molecule has 1 fully saturated rings. The highest BCUT2D eigenvalue weighted by Gasteiger charge is 2.46. The Labute approximate surface area is 197 Å². The number of ketones is 1. The molecule has 2 heterocycles. The number of amides is 1. The zero-order chi connectivity index (χ0) is 23.7. The number of carbonyl (C=O) groups is 2. The number of halogens is 1. The molecule has 0 spiro atoms. The van der Waals surface area contributed by atoms with E-state index in [1.807, 2.05) is 32.0 Å². The van der Waals surface area contributed by atoms with Gasteiger partial charge in [0.15, 0.2) is 0 Å². The predicted octanol–water partition coefficient (Wildman–Crippen LogP) is 4.98. The van der Waals surface area contributed by atoms with Gasteiger partial charge < -0.3 is 14.7 Å². The second kappa shape index (κ2) is 9.08. The van der Waals surface area contributed by atoms with Crippen molar-refractivity contribution in [3.8, 4) is 5.75 Å². The first-order chi connectivity index (χ1) is 15.8. The Morgan fingerprint density at radius 3 is 2.52 bits per heavy atom. The van der Waals surface area contributed by atoms with Crippen molar-refractivity contribution >= 4 is 29.1 Å². The molecule has 6 nitrogen and oxygen atoms in total. The van der Waals surface area contributed by atoms with E-state index in [2.05, 4.69) is 4.98 Å². The largest absolute Gasteiger partial charge is 0.507 e. The average molecular weight is 463 g/mol. The highest BCUT2D eigenvalue weighted by Crippen LogP contribution is 2.41. The van der Waals surface area contributed by atoms with Gasteiger partial charge in [-0.2, -0.15) is 0 Å². The van der Waals surface area contributed by atoms with Gasteiger partial charge in [-0.3, -0.25) is 14.6 Å². The number of pyridine rings is 1. The number of aryl methyl sites for hydroxylation is 2. The Kier molecular flexibility index (Phi) is 6.20. The number of likely N-dealkylation sites (tertiary alicyclic amines) is 1. The molecule has 0 bridgehead atoms. The van der Waals surface area contributed by atoms with Crippen molar-refractivity contribution in [2.24, 2.45) is 0 Å². The van der Waals surface area contributed by atoms with Crippen LogP contribution in [0.25, 0.3) is 5.76 Å². The van der Waals surface area contributed by atoms with Crippen LogP contribution in [0.5, 0.6) is 5.75 Å². The second-order valence-electron chi connectivity index (χ2n) is 7.98. The number of methoxy groups -OCH3 is 1. The minimum Gasteiger partial charge on any atom is -0.507 e. The van der Waals surface area contributed by atoms with Crippen LogP contribution in [-0.4, -0.2) is 33.8 Å². The third kappa shape index (κ3) is 4.22. The van der Waals surface area contributed by atoms with Gasteiger partial charge in [-0.1, -0.05) is 35.4 Å². The summed E-state index contributed by atoms with van der Waals surface area (Å²) in [7, 11) is 1.49. The Bertz CT molecular complexity index is 1270. The van der Waals surface area contributed by atoms with Crippen LogP contribution in [0.4, 0.5) is 0 Å². The van der Waals surface area contributed by atoms with Crippen molar-refractivity contribution in [1.82, 2.24) is 9.88 Å². The first-order valence-electron chi connectivity index (χ1n) is 10.4. The monoisotopic (exact) mass is 462 g/mol. The van der Waals surface area contributed by atoms with E-state index in [4.69, 9.17) is 16.3 Å². The van der Waals surface area contributed by atoms with Gasteiger partial charge >= 0.3 is 0 Å². The highest BCUT2D eigenvalue weighted by atomic mass is 35.5. The maximum Gasteiger partial charge on any atom is 0.295 e. The number of benzene rings is 2. The molecule has 0 saturated carbocycles. The van der Waals surface area contributed by atoms with Crippen molar-refractivity contribution in [2.45, 2.75) is 26.4 Å². The summed E-state index contributed by atoms with van der Waals surface area (Å²) >= 11 is 6.34. The number of Topliss-reactive ketones (excluding diaryl/α,β-unsaturated/α-hetero) is 1. The minimum absolute atomic E-state index is 0.0216. The van der Waals surface area contributed by atoms with Gasteiger partial charge in [-0.15, -0.1) is 0 Å². The first kappa shape index (κ1) is 22.6. The number of rotatable bonds is 5. The van der Waals surface area contributed by atoms with E-state index in [9.17, 15) is 14.7 Å². The van der Waals surface area contributed by atoms with E-state index in [1.54, 1.807) is 42.7 Å². The van der Waals surface area contributed by atoms with Gasteiger partial charge in [-0.05, 0) is 60.9 Å². The van der Waals surface area contributed by atoms with Crippen LogP contribution in [0.1, 0.15) is 33.9 Å². The van der Waals surface area contributed by atoms with Crippen molar-refractivity contribution in [3.63, 3.8) is 0 Å². The average Bonchev–Trinajstić information content (AvgIpc) is 3.07. The summed E-state index contributed by atoms with van der Waals surface area (Å²) < 4.78 is 5.24. The molecule has 0 aliphatic carbocycles. The molecule has 168 valence electrons. The SMILES string of the molecule is COc1ccc(Cl)c(/C(O)=C2\C(=O)C(=O)N(Cc3cc(C)ccc3C)C2c2ccncc2)c1. The molecule has 0 radical (unpaired) electrons. The van der Waals surface area contributed by atoms with Crippen molar-refractivity contribution < 1.29 is 19.4 Å². The fourth-order valence-electron chi connectivity index (χ4n) is 4.05. The fraction of sp³-hybridized carbons (Fsp3) is 0.192. The van der Waals surface area contributed by atoms with E-state index in [-0.39, 0.29) is 28.5 Å². The van der Waals surface area contributed by atoms with Crippen LogP contribution in [0, 0.1) is 13.8 Å². The van der Waals surface area contributed by atoms with E-state index < -0.39 is 17.7 Å². The molecular formula is C26H23ClN2O4. The van der Waals surface area contributed by atoms with Crippen LogP contribution in [-0.2, 0) is 16.1 Å². The van der Waals surface area contributed by atoms with Crippen LogP contribution in [0.15, 0.2) is 66.5 Å². The van der Waals surface area contributed by atoms with Crippen LogP contribution < -0.4 is 4.74 Å². The number of hydrogen-bond acceptors (Lipinski definition) is 5. The number of aliphatic hydroxyl groups is 1. The number of nitrogens with zero attached hydrogens (tertiary/aromatic N) is 2. The minimum atomic E-state index is -0.796. The van der Waals surface area contributed by atoms with Crippen molar-refractivity contribution in [1.29, 1.82) is 0 Å². The van der Waals surface area contributed by atoms with E-state index in [0.717, 1.165) is 16.7 Å². The molecule has 1 unspecified atom stereocenters. The number of aliphatic hydroxyl groups excluding tert-OH is 1. The molecule has 1 aliphatic rings. The number of carbonyl (C=O) groups excluding carboxylic acids is 2. The molecule has 1 saturated heterocycles. The molecule has 1 amide bonds. The van der Waals surface area contributed by atoms with Gasteiger partial charge in [0.2, 0.25) is 0 Å². The molecule has 1 N–H and O–H groups in total. The lowest BCUT2D eigenvalue weighted by molar-refractivity contribution is -0.140. The lowest BCUT2D eigenvalue weighted by atomic mass is 9.95. The normalized spacial score (nSPS) is 17.5. The smallest absolute Gasteiger partial charge is 0.295 e. The Hall–Kier alpha value is -3.64. The van der Waals surface area contributed by atoms with Gasteiger partial charge in [0.1, 0.15) is 11.5 Å². The highest BCUT2D eigenvalue weighted by molar-refractivity contribution is 6.47. The summed E-state index contributed by atoms with van der Waals surface area (Å²) in [5, 5.41) is 11.5. The maximum atomic E-state index is 13.2. The van der Waals surface area contributed by atoms with Gasteiger partial charge in [0.05, 0.1) is 23.7 Å². The number of ether oxygens (including phenoxy) is 1. The van der Waals surface area contributed by atoms with Crippen LogP contribution in [0.3, 0.4) is 0 Å². The Morgan fingerprint density at radius 1 is 1.09 bits per heavy atom. The zero-order valence-electron chi connectivity index (χ0n) is 18.5. The topological polar surface area (TPSA) is 79.7 Å². The lowest BCUT2D eigenvalue weighted by Gasteiger charge is -2.26. The van der Waals surface area contributed by atoms with Gasteiger partial charge in [0, 0.05) is 24.5 Å². The zero-order valence-corrected chi connectivity index (χ0v) is 19.3. The van der Waals surface area contributed by atoms with E-state index in [1.165, 1.54) is 12.0 Å². The van der Waals surface area contributed by atoms with Gasteiger partial charge in [-0.25, -0.2) is 0 Å². The van der Waals surface area contributed by atoms with E-state index >= 15 is 0 Å². The van der Waals surface area contributed by atoms with Crippen LogP contribution in [0.2, 0.25) is 5.02 Å². The summed E-state index contributed by atoms with van der Waals surface area (Å²) in [6.07, 6.45) is 3.18. The standard InChI is InChI=1S/C26H23ClN2O4/c1-15-4-5-16(2)18(12-15)14-29-23(17-8-10-28-11-9-17)22(25(31)26(29)32)24(30)20-13-19(33-3)6-7-21(20)27/h4-13,23,30H,14H2,1-3H3/b24-22+. The lowest BCUT2D eigenvalue weighted by Crippen LogP contribution is -2.29. The van der Waals surface area contributed by atoms with Crippen molar-refractivity contribution in [3.05, 3.63) is 99.3 Å². The van der Waals surface area contributed by atoms with E-state index in [0.29, 0.717) is 11.3 Å². The molecule has 4 rings (SSSR count). The quantitative estimate of drug-likeness (QED) is 0.328. The fourth-order valence-corrected chi connectivity index (χ4v) is 4.25. The number of aromatic nitrogens is 1. The number of hydrogen-bond donors (Lipinski definition) is 1. The molecule has 33 heavy (non-hydrogen) atoms. The predicted molar refractivity (Wildman–Crippen MR) is 126 cm³/mol.